The van der Waals surface area contributed by atoms with Crippen LogP contribution in [-0.4, -0.2) is 19.5 Å². The molecule has 6 rings (SSSR count). The van der Waals surface area contributed by atoms with Crippen molar-refractivity contribution < 1.29 is 8.78 Å². The molecule has 3 aromatic carbocycles. The number of nitrogens with zero attached hydrogens (tertiary/aromatic N) is 4. The van der Waals surface area contributed by atoms with Gasteiger partial charge in [0.15, 0.2) is 5.82 Å². The van der Waals surface area contributed by atoms with E-state index in [1.165, 1.54) is 11.1 Å². The van der Waals surface area contributed by atoms with Gasteiger partial charge >= 0.3 is 12.2 Å². The van der Waals surface area contributed by atoms with Crippen LogP contribution in [0.4, 0.5) is 8.78 Å². The van der Waals surface area contributed by atoms with E-state index in [-0.39, 0.29) is 11.2 Å². The molecule has 0 aliphatic carbocycles. The van der Waals surface area contributed by atoms with Gasteiger partial charge in [0.05, 0.1) is 16.7 Å². The Kier molecular flexibility index (Phi) is 3.26. The van der Waals surface area contributed by atoms with Crippen LogP contribution in [0.25, 0.3) is 38.9 Å². The highest BCUT2D eigenvalue weighted by Gasteiger charge is 2.34. The SMILES string of the molecule is CC1(C)c2ccccc2-n2c3ccc(-c4nc(F)nc(F)n4)cc3c3cccc1c32. The Labute approximate surface area is 170 Å². The van der Waals surface area contributed by atoms with Crippen LogP contribution in [0.3, 0.4) is 0 Å². The summed E-state index contributed by atoms with van der Waals surface area (Å²) in [7, 11) is 0. The lowest BCUT2D eigenvalue weighted by Crippen LogP contribution is -2.26. The predicted molar refractivity (Wildman–Crippen MR) is 112 cm³/mol. The fourth-order valence-corrected chi connectivity index (χ4v) is 4.76. The predicted octanol–water partition coefficient (Wildman–Crippen LogP) is 5.55. The number of aromatic nitrogens is 4. The smallest absolute Gasteiger partial charge is 0.309 e. The number of benzene rings is 3. The number of fused-ring (bicyclic) bond motifs is 5. The van der Waals surface area contributed by atoms with Crippen LogP contribution in [0.5, 0.6) is 0 Å². The molecule has 146 valence electrons. The summed E-state index contributed by atoms with van der Waals surface area (Å²) >= 11 is 0. The van der Waals surface area contributed by atoms with Gasteiger partial charge in [0.25, 0.3) is 0 Å². The highest BCUT2D eigenvalue weighted by Crippen LogP contribution is 2.47. The molecule has 4 nitrogen and oxygen atoms in total. The van der Waals surface area contributed by atoms with E-state index < -0.39 is 12.2 Å². The summed E-state index contributed by atoms with van der Waals surface area (Å²) in [6.45, 7) is 4.48. The van der Waals surface area contributed by atoms with Crippen molar-refractivity contribution in [3.63, 3.8) is 0 Å². The zero-order chi connectivity index (χ0) is 20.6. The highest BCUT2D eigenvalue weighted by atomic mass is 19.1. The Morgan fingerprint density at radius 2 is 1.50 bits per heavy atom. The van der Waals surface area contributed by atoms with Gasteiger partial charge in [-0.25, -0.2) is 0 Å². The summed E-state index contributed by atoms with van der Waals surface area (Å²) in [5.74, 6) is -0.0189. The van der Waals surface area contributed by atoms with E-state index in [2.05, 4.69) is 69.8 Å². The van der Waals surface area contributed by atoms with E-state index in [4.69, 9.17) is 0 Å². The van der Waals surface area contributed by atoms with Crippen LogP contribution in [0, 0.1) is 12.2 Å². The van der Waals surface area contributed by atoms with E-state index in [0.29, 0.717) is 5.56 Å². The molecular weight excluding hydrogens is 382 g/mol. The van der Waals surface area contributed by atoms with Gasteiger partial charge in [0.1, 0.15) is 0 Å². The Balaban J connectivity index is 1.74. The summed E-state index contributed by atoms with van der Waals surface area (Å²) in [5, 5.41) is 2.07. The van der Waals surface area contributed by atoms with Gasteiger partial charge in [-0.15, -0.1) is 0 Å². The van der Waals surface area contributed by atoms with E-state index in [1.54, 1.807) is 6.07 Å². The Hall–Kier alpha value is -3.67. The number of rotatable bonds is 1. The summed E-state index contributed by atoms with van der Waals surface area (Å²) in [4.78, 5) is 10.3. The second-order valence-corrected chi connectivity index (χ2v) is 8.11. The van der Waals surface area contributed by atoms with Crippen molar-refractivity contribution in [3.05, 3.63) is 83.9 Å². The third kappa shape index (κ3) is 2.16. The molecule has 0 radical (unpaired) electrons. The van der Waals surface area contributed by atoms with Gasteiger partial charge in [0, 0.05) is 21.8 Å². The quantitative estimate of drug-likeness (QED) is 0.372. The maximum atomic E-state index is 13.5. The Bertz CT molecular complexity index is 1480. The lowest BCUT2D eigenvalue weighted by atomic mass is 9.75. The number of hydrogen-bond acceptors (Lipinski definition) is 3. The van der Waals surface area contributed by atoms with Crippen molar-refractivity contribution in [2.24, 2.45) is 0 Å². The van der Waals surface area contributed by atoms with Crippen LogP contribution in [0.1, 0.15) is 25.0 Å². The molecule has 2 aromatic heterocycles. The van der Waals surface area contributed by atoms with Crippen LogP contribution in [0.2, 0.25) is 0 Å². The van der Waals surface area contributed by atoms with Crippen molar-refractivity contribution in [2.45, 2.75) is 19.3 Å². The minimum absolute atomic E-state index is 0.0189. The molecule has 0 amide bonds. The molecule has 30 heavy (non-hydrogen) atoms. The first-order valence-corrected chi connectivity index (χ1v) is 9.70. The summed E-state index contributed by atoms with van der Waals surface area (Å²) in [6, 6.07) is 20.4. The maximum absolute atomic E-state index is 13.5. The van der Waals surface area contributed by atoms with Crippen LogP contribution >= 0.6 is 0 Å². The van der Waals surface area contributed by atoms with Crippen molar-refractivity contribution in [1.82, 2.24) is 19.5 Å². The lowest BCUT2D eigenvalue weighted by Gasteiger charge is -2.34. The molecular formula is C24H16F2N4. The van der Waals surface area contributed by atoms with E-state index in [1.807, 2.05) is 18.2 Å². The molecule has 0 spiro atoms. The van der Waals surface area contributed by atoms with Crippen LogP contribution in [-0.2, 0) is 5.41 Å². The van der Waals surface area contributed by atoms with Gasteiger partial charge in [-0.1, -0.05) is 50.2 Å². The van der Waals surface area contributed by atoms with Crippen molar-refractivity contribution in [1.29, 1.82) is 0 Å². The molecule has 0 saturated carbocycles. The Morgan fingerprint density at radius 3 is 2.30 bits per heavy atom. The normalized spacial score (nSPS) is 14.3. The van der Waals surface area contributed by atoms with Crippen LogP contribution < -0.4 is 0 Å². The standard InChI is InChI=1S/C24H16F2N4/c1-24(2)16-7-3-4-9-19(16)30-18-11-10-13(21-27-22(25)29-23(26)28-21)12-15(18)14-6-5-8-17(24)20(14)30/h3-12H,1-2H3. The van der Waals surface area contributed by atoms with Gasteiger partial charge < -0.3 is 4.57 Å². The molecule has 3 heterocycles. The molecule has 1 aliphatic heterocycles. The second-order valence-electron chi connectivity index (χ2n) is 8.11. The lowest BCUT2D eigenvalue weighted by molar-refractivity contribution is 0.457. The first kappa shape index (κ1) is 17.2. The van der Waals surface area contributed by atoms with Crippen molar-refractivity contribution in [2.75, 3.05) is 0 Å². The maximum Gasteiger partial charge on any atom is 0.314 e. The van der Waals surface area contributed by atoms with Gasteiger partial charge in [-0.05, 0) is 35.4 Å². The summed E-state index contributed by atoms with van der Waals surface area (Å²) in [5.41, 5.74) is 6.22. The first-order chi connectivity index (χ1) is 14.4. The zero-order valence-electron chi connectivity index (χ0n) is 16.3. The average molecular weight is 398 g/mol. The Morgan fingerprint density at radius 1 is 0.767 bits per heavy atom. The molecule has 0 fully saturated rings. The third-order valence-corrected chi connectivity index (χ3v) is 6.12. The molecule has 0 saturated heterocycles. The highest BCUT2D eigenvalue weighted by molar-refractivity contribution is 6.12. The minimum atomic E-state index is -1.13. The molecule has 1 aliphatic rings. The van der Waals surface area contributed by atoms with Gasteiger partial charge in [-0.2, -0.15) is 23.7 Å². The molecule has 0 bridgehead atoms. The average Bonchev–Trinajstić information content (AvgIpc) is 3.06. The summed E-state index contributed by atoms with van der Waals surface area (Å²) in [6.07, 6.45) is -2.26. The molecule has 0 atom stereocenters. The zero-order valence-corrected chi connectivity index (χ0v) is 16.3. The van der Waals surface area contributed by atoms with E-state index >= 15 is 0 Å². The molecule has 0 unspecified atom stereocenters. The molecule has 0 N–H and O–H groups in total. The van der Waals surface area contributed by atoms with E-state index in [0.717, 1.165) is 27.5 Å². The third-order valence-electron chi connectivity index (χ3n) is 6.12. The van der Waals surface area contributed by atoms with E-state index in [9.17, 15) is 8.78 Å². The van der Waals surface area contributed by atoms with Gasteiger partial charge in [-0.3, -0.25) is 0 Å². The molecule has 5 aromatic rings. The fraction of sp³-hybridized carbons (Fsp3) is 0.125. The largest absolute Gasteiger partial charge is 0.314 e. The van der Waals surface area contributed by atoms with Crippen molar-refractivity contribution in [3.8, 4) is 17.1 Å². The number of para-hydroxylation sites is 2. The topological polar surface area (TPSA) is 43.6 Å². The summed E-state index contributed by atoms with van der Waals surface area (Å²) < 4.78 is 29.4. The van der Waals surface area contributed by atoms with Crippen LogP contribution in [0.15, 0.2) is 60.7 Å². The number of halogens is 2. The van der Waals surface area contributed by atoms with Gasteiger partial charge in [0.2, 0.25) is 0 Å². The first-order valence-electron chi connectivity index (χ1n) is 9.70. The fourth-order valence-electron chi connectivity index (χ4n) is 4.76. The number of hydrogen-bond donors (Lipinski definition) is 0. The second kappa shape index (κ2) is 5.69. The molecule has 6 heteroatoms. The van der Waals surface area contributed by atoms with Crippen molar-refractivity contribution >= 4 is 21.8 Å². The minimum Gasteiger partial charge on any atom is -0.309 e. The monoisotopic (exact) mass is 398 g/mol.